The Kier molecular flexibility index (Phi) is 3.91. The number of esters is 1. The van der Waals surface area contributed by atoms with E-state index in [0.717, 1.165) is 0 Å². The van der Waals surface area contributed by atoms with Crippen LogP contribution in [-0.4, -0.2) is 32.3 Å². The van der Waals surface area contributed by atoms with Crippen LogP contribution in [0.15, 0.2) is 30.3 Å². The average Bonchev–Trinajstić information content (AvgIpc) is 3.07. The molecule has 1 unspecified atom stereocenters. The molecule has 0 bridgehead atoms. The Morgan fingerprint density at radius 2 is 1.85 bits per heavy atom. The van der Waals surface area contributed by atoms with Crippen molar-refractivity contribution < 1.29 is 33.3 Å². The van der Waals surface area contributed by atoms with Crippen LogP contribution in [0.2, 0.25) is 0 Å². The quantitative estimate of drug-likeness (QED) is 0.618. The van der Waals surface area contributed by atoms with Gasteiger partial charge in [0.05, 0.1) is 18.6 Å². The first-order valence-corrected chi connectivity index (χ1v) is 8.04. The SMILES string of the molecule is COc1cc2c(cc1C1COc3cc(OC(C)=O)ccc3C1=O)OCO2. The summed E-state index contributed by atoms with van der Waals surface area (Å²) in [6.07, 6.45) is 0. The predicted octanol–water partition coefficient (Wildman–Crippen LogP) is 2.71. The zero-order chi connectivity index (χ0) is 18.3. The maximum Gasteiger partial charge on any atom is 0.308 e. The molecule has 7 heteroatoms. The topological polar surface area (TPSA) is 80.3 Å². The van der Waals surface area contributed by atoms with Crippen LogP contribution >= 0.6 is 0 Å². The lowest BCUT2D eigenvalue weighted by atomic mass is 9.88. The molecule has 26 heavy (non-hydrogen) atoms. The number of ketones is 1. The Balaban J connectivity index is 1.69. The van der Waals surface area contributed by atoms with Crippen LogP contribution in [0, 0.1) is 0 Å². The molecule has 2 heterocycles. The molecule has 2 aliphatic heterocycles. The van der Waals surface area contributed by atoms with Crippen LogP contribution in [0.4, 0.5) is 0 Å². The van der Waals surface area contributed by atoms with E-state index < -0.39 is 11.9 Å². The van der Waals surface area contributed by atoms with Crippen molar-refractivity contribution >= 4 is 11.8 Å². The van der Waals surface area contributed by atoms with Gasteiger partial charge in [-0.2, -0.15) is 0 Å². The first-order valence-electron chi connectivity index (χ1n) is 8.04. The number of hydrogen-bond acceptors (Lipinski definition) is 7. The third-order valence-electron chi connectivity index (χ3n) is 4.30. The van der Waals surface area contributed by atoms with Crippen molar-refractivity contribution in [3.63, 3.8) is 0 Å². The molecule has 0 radical (unpaired) electrons. The highest BCUT2D eigenvalue weighted by Gasteiger charge is 2.34. The standard InChI is InChI=1S/C19H16O7/c1-10(20)26-11-3-4-12-16(5-11)23-8-14(19(12)21)13-6-17-18(25-9-24-17)7-15(13)22-2/h3-7,14H,8-9H2,1-2H3. The van der Waals surface area contributed by atoms with Gasteiger partial charge in [-0.3, -0.25) is 9.59 Å². The minimum absolute atomic E-state index is 0.0993. The third kappa shape index (κ3) is 2.71. The van der Waals surface area contributed by atoms with Gasteiger partial charge in [0.2, 0.25) is 6.79 Å². The normalized spacial score (nSPS) is 17.3. The second kappa shape index (κ2) is 6.25. The van der Waals surface area contributed by atoms with Crippen molar-refractivity contribution in [2.75, 3.05) is 20.5 Å². The Hall–Kier alpha value is -3.22. The van der Waals surface area contributed by atoms with Crippen molar-refractivity contribution in [1.82, 2.24) is 0 Å². The Bertz CT molecular complexity index is 903. The second-order valence-electron chi connectivity index (χ2n) is 5.93. The van der Waals surface area contributed by atoms with Gasteiger partial charge in [-0.15, -0.1) is 0 Å². The summed E-state index contributed by atoms with van der Waals surface area (Å²) in [5, 5.41) is 0. The van der Waals surface area contributed by atoms with E-state index in [-0.39, 0.29) is 19.2 Å². The fourth-order valence-corrected chi connectivity index (χ4v) is 3.11. The van der Waals surface area contributed by atoms with Gasteiger partial charge >= 0.3 is 5.97 Å². The van der Waals surface area contributed by atoms with Gasteiger partial charge in [-0.05, 0) is 18.2 Å². The van der Waals surface area contributed by atoms with E-state index in [1.807, 2.05) is 0 Å². The molecule has 2 aliphatic rings. The molecule has 0 N–H and O–H groups in total. The van der Waals surface area contributed by atoms with Gasteiger partial charge in [0.1, 0.15) is 23.9 Å². The number of methoxy groups -OCH3 is 1. The molecule has 0 aromatic heterocycles. The van der Waals surface area contributed by atoms with Crippen molar-refractivity contribution in [3.8, 4) is 28.7 Å². The molecule has 0 saturated heterocycles. The number of rotatable bonds is 3. The number of carbonyl (C=O) groups is 2. The molecule has 2 aromatic rings. The smallest absolute Gasteiger partial charge is 0.308 e. The highest BCUT2D eigenvalue weighted by molar-refractivity contribution is 6.04. The first-order chi connectivity index (χ1) is 12.6. The van der Waals surface area contributed by atoms with Crippen molar-refractivity contribution in [3.05, 3.63) is 41.5 Å². The Morgan fingerprint density at radius 3 is 2.58 bits per heavy atom. The van der Waals surface area contributed by atoms with Crippen molar-refractivity contribution in [2.24, 2.45) is 0 Å². The fraction of sp³-hybridized carbons (Fsp3) is 0.263. The summed E-state index contributed by atoms with van der Waals surface area (Å²) in [4.78, 5) is 24.1. The molecule has 0 fully saturated rings. The summed E-state index contributed by atoms with van der Waals surface area (Å²) >= 11 is 0. The number of Topliss-reactive ketones (excluding diaryl/α,β-unsaturated/α-hetero) is 1. The summed E-state index contributed by atoms with van der Waals surface area (Å²) in [6, 6.07) is 8.18. The number of hydrogen-bond donors (Lipinski definition) is 0. The fourth-order valence-electron chi connectivity index (χ4n) is 3.11. The van der Waals surface area contributed by atoms with Crippen LogP contribution in [0.1, 0.15) is 28.8 Å². The van der Waals surface area contributed by atoms with E-state index in [0.29, 0.717) is 39.9 Å². The zero-order valence-electron chi connectivity index (χ0n) is 14.2. The predicted molar refractivity (Wildman–Crippen MR) is 89.4 cm³/mol. The lowest BCUT2D eigenvalue weighted by molar-refractivity contribution is -0.131. The van der Waals surface area contributed by atoms with Crippen LogP contribution in [-0.2, 0) is 4.79 Å². The minimum atomic E-state index is -0.536. The van der Waals surface area contributed by atoms with Crippen molar-refractivity contribution in [2.45, 2.75) is 12.8 Å². The molecular weight excluding hydrogens is 340 g/mol. The zero-order valence-corrected chi connectivity index (χ0v) is 14.2. The molecule has 0 saturated carbocycles. The average molecular weight is 356 g/mol. The van der Waals surface area contributed by atoms with Gasteiger partial charge in [0.25, 0.3) is 0 Å². The monoisotopic (exact) mass is 356 g/mol. The van der Waals surface area contributed by atoms with E-state index in [4.69, 9.17) is 23.7 Å². The number of benzene rings is 2. The minimum Gasteiger partial charge on any atom is -0.496 e. The summed E-state index contributed by atoms with van der Waals surface area (Å²) in [5.74, 6) is 1.36. The molecular formula is C19H16O7. The van der Waals surface area contributed by atoms with Crippen molar-refractivity contribution in [1.29, 1.82) is 0 Å². The lowest BCUT2D eigenvalue weighted by Crippen LogP contribution is -2.26. The van der Waals surface area contributed by atoms with Crippen LogP contribution in [0.25, 0.3) is 0 Å². The number of fused-ring (bicyclic) bond motifs is 2. The van der Waals surface area contributed by atoms with E-state index in [1.165, 1.54) is 14.0 Å². The molecule has 2 aromatic carbocycles. The maximum absolute atomic E-state index is 13.0. The third-order valence-corrected chi connectivity index (χ3v) is 4.30. The summed E-state index contributed by atoms with van der Waals surface area (Å²) < 4.78 is 27.0. The van der Waals surface area contributed by atoms with Crippen LogP contribution < -0.4 is 23.7 Å². The molecule has 7 nitrogen and oxygen atoms in total. The van der Waals surface area contributed by atoms with Crippen LogP contribution in [0.3, 0.4) is 0 Å². The molecule has 0 aliphatic carbocycles. The lowest BCUT2D eigenvalue weighted by Gasteiger charge is -2.26. The van der Waals surface area contributed by atoms with Gasteiger partial charge in [-0.25, -0.2) is 0 Å². The maximum atomic E-state index is 13.0. The van der Waals surface area contributed by atoms with Gasteiger partial charge in [0.15, 0.2) is 17.3 Å². The highest BCUT2D eigenvalue weighted by Crippen LogP contribution is 2.43. The van der Waals surface area contributed by atoms with Crippen LogP contribution in [0.5, 0.6) is 28.7 Å². The van der Waals surface area contributed by atoms with E-state index >= 15 is 0 Å². The molecule has 0 amide bonds. The largest absolute Gasteiger partial charge is 0.496 e. The van der Waals surface area contributed by atoms with Gasteiger partial charge < -0.3 is 23.7 Å². The Morgan fingerprint density at radius 1 is 1.08 bits per heavy atom. The summed E-state index contributed by atoms with van der Waals surface area (Å²) in [7, 11) is 1.54. The Labute approximate surface area is 149 Å². The van der Waals surface area contributed by atoms with Gasteiger partial charge in [-0.1, -0.05) is 0 Å². The second-order valence-corrected chi connectivity index (χ2v) is 5.93. The molecule has 4 rings (SSSR count). The highest BCUT2D eigenvalue weighted by atomic mass is 16.7. The number of ether oxygens (including phenoxy) is 5. The van der Waals surface area contributed by atoms with Gasteiger partial charge in [0, 0.05) is 24.6 Å². The first kappa shape index (κ1) is 16.3. The van der Waals surface area contributed by atoms with E-state index in [2.05, 4.69) is 0 Å². The summed E-state index contributed by atoms with van der Waals surface area (Å²) in [5.41, 5.74) is 1.10. The molecule has 0 spiro atoms. The number of carbonyl (C=O) groups excluding carboxylic acids is 2. The molecule has 134 valence electrons. The van der Waals surface area contributed by atoms with E-state index in [1.54, 1.807) is 30.3 Å². The van der Waals surface area contributed by atoms with E-state index in [9.17, 15) is 9.59 Å². The molecule has 1 atom stereocenters. The summed E-state index contributed by atoms with van der Waals surface area (Å²) in [6.45, 7) is 1.59.